The summed E-state index contributed by atoms with van der Waals surface area (Å²) in [5.74, 6) is 1.46. The van der Waals surface area contributed by atoms with Crippen LogP contribution in [0.1, 0.15) is 5.56 Å². The third kappa shape index (κ3) is 2.37. The number of anilines is 1. The summed E-state index contributed by atoms with van der Waals surface area (Å²) in [4.78, 5) is 1.11. The summed E-state index contributed by atoms with van der Waals surface area (Å²) in [6.45, 7) is 0. The molecule has 1 heterocycles. The van der Waals surface area contributed by atoms with E-state index in [1.54, 1.807) is 32.4 Å². The fourth-order valence-electron chi connectivity index (χ4n) is 1.33. The monoisotopic (exact) mass is 248 g/mol. The fourth-order valence-corrected chi connectivity index (χ4v) is 1.33. The molecule has 0 fully saturated rings. The van der Waals surface area contributed by atoms with Gasteiger partial charge in [0.1, 0.15) is 11.5 Å². The number of nitrogens with two attached hydrogens (primary N) is 1. The standard InChI is InChI=1S/C10H12N6O2/c1-17-8-3-4-9(18-2)7(5-8)6-12-16-10(11)13-14-15-16/h3-6H,1-2H3,(H2,11,13,15)/b12-6+. The van der Waals surface area contributed by atoms with Gasteiger partial charge < -0.3 is 15.2 Å². The van der Waals surface area contributed by atoms with Crippen molar-refractivity contribution < 1.29 is 9.47 Å². The van der Waals surface area contributed by atoms with E-state index >= 15 is 0 Å². The Hall–Kier alpha value is -2.64. The molecule has 0 unspecified atom stereocenters. The van der Waals surface area contributed by atoms with Crippen LogP contribution in [-0.2, 0) is 0 Å². The molecule has 0 spiro atoms. The lowest BCUT2D eigenvalue weighted by molar-refractivity contribution is 0.402. The number of aromatic nitrogens is 4. The van der Waals surface area contributed by atoms with Gasteiger partial charge in [-0.3, -0.25) is 0 Å². The highest BCUT2D eigenvalue weighted by Gasteiger charge is 2.03. The van der Waals surface area contributed by atoms with Crippen molar-refractivity contribution in [3.8, 4) is 11.5 Å². The van der Waals surface area contributed by atoms with Crippen molar-refractivity contribution in [2.75, 3.05) is 20.0 Å². The van der Waals surface area contributed by atoms with Crippen molar-refractivity contribution in [2.45, 2.75) is 0 Å². The van der Waals surface area contributed by atoms with Crippen LogP contribution >= 0.6 is 0 Å². The van der Waals surface area contributed by atoms with Crippen molar-refractivity contribution >= 4 is 12.2 Å². The highest BCUT2D eigenvalue weighted by atomic mass is 16.5. The Morgan fingerprint density at radius 2 is 2.17 bits per heavy atom. The third-order valence-corrected chi connectivity index (χ3v) is 2.22. The summed E-state index contributed by atoms with van der Waals surface area (Å²) in [6, 6.07) is 5.35. The Balaban J connectivity index is 2.32. The van der Waals surface area contributed by atoms with Gasteiger partial charge in [-0.25, -0.2) is 0 Å². The molecule has 0 aliphatic carbocycles. The van der Waals surface area contributed by atoms with E-state index in [0.29, 0.717) is 11.5 Å². The topological polar surface area (TPSA) is 100 Å². The maximum absolute atomic E-state index is 5.49. The van der Waals surface area contributed by atoms with Crippen molar-refractivity contribution in [1.29, 1.82) is 0 Å². The van der Waals surface area contributed by atoms with E-state index in [1.165, 1.54) is 6.21 Å². The van der Waals surface area contributed by atoms with Crippen LogP contribution in [0.2, 0.25) is 0 Å². The van der Waals surface area contributed by atoms with E-state index in [2.05, 4.69) is 20.6 Å². The second kappa shape index (κ2) is 5.13. The van der Waals surface area contributed by atoms with E-state index in [0.717, 1.165) is 10.4 Å². The predicted molar refractivity (Wildman–Crippen MR) is 64.8 cm³/mol. The van der Waals surface area contributed by atoms with Crippen LogP contribution in [0.5, 0.6) is 11.5 Å². The largest absolute Gasteiger partial charge is 0.497 e. The number of benzene rings is 1. The first-order valence-electron chi connectivity index (χ1n) is 5.05. The van der Waals surface area contributed by atoms with Gasteiger partial charge in [0.05, 0.1) is 20.4 Å². The smallest absolute Gasteiger partial charge is 0.263 e. The average Bonchev–Trinajstić information content (AvgIpc) is 2.81. The van der Waals surface area contributed by atoms with Gasteiger partial charge in [0.15, 0.2) is 0 Å². The van der Waals surface area contributed by atoms with E-state index in [9.17, 15) is 0 Å². The van der Waals surface area contributed by atoms with Gasteiger partial charge in [0.2, 0.25) is 0 Å². The molecule has 0 atom stereocenters. The number of hydrogen-bond acceptors (Lipinski definition) is 7. The van der Waals surface area contributed by atoms with Crippen LogP contribution in [0.3, 0.4) is 0 Å². The molecule has 94 valence electrons. The first kappa shape index (κ1) is 11.8. The van der Waals surface area contributed by atoms with E-state index in [1.807, 2.05) is 0 Å². The predicted octanol–water partition coefficient (Wildman–Crippen LogP) is 0.155. The van der Waals surface area contributed by atoms with Crippen LogP contribution in [0, 0.1) is 0 Å². The molecule has 0 saturated carbocycles. The molecule has 2 N–H and O–H groups in total. The summed E-state index contributed by atoms with van der Waals surface area (Å²) in [5, 5.41) is 14.5. The van der Waals surface area contributed by atoms with E-state index in [4.69, 9.17) is 15.2 Å². The maximum atomic E-state index is 5.49. The first-order chi connectivity index (χ1) is 8.74. The lowest BCUT2D eigenvalue weighted by Crippen LogP contribution is -2.00. The van der Waals surface area contributed by atoms with Gasteiger partial charge >= 0.3 is 0 Å². The highest BCUT2D eigenvalue weighted by molar-refractivity contribution is 5.84. The summed E-state index contributed by atoms with van der Waals surface area (Å²) >= 11 is 0. The van der Waals surface area contributed by atoms with Gasteiger partial charge in [-0.2, -0.15) is 5.10 Å². The first-order valence-corrected chi connectivity index (χ1v) is 5.05. The molecule has 2 rings (SSSR count). The van der Waals surface area contributed by atoms with Crippen LogP contribution in [0.15, 0.2) is 23.3 Å². The zero-order valence-electron chi connectivity index (χ0n) is 9.94. The second-order valence-corrected chi connectivity index (χ2v) is 3.28. The van der Waals surface area contributed by atoms with Crippen LogP contribution in [0.25, 0.3) is 0 Å². The summed E-state index contributed by atoms with van der Waals surface area (Å²) in [5.41, 5.74) is 6.22. The van der Waals surface area contributed by atoms with Gasteiger partial charge in [0.25, 0.3) is 5.95 Å². The van der Waals surface area contributed by atoms with E-state index < -0.39 is 0 Å². The zero-order chi connectivity index (χ0) is 13.0. The average molecular weight is 248 g/mol. The summed E-state index contributed by atoms with van der Waals surface area (Å²) in [7, 11) is 3.16. The fraction of sp³-hybridized carbons (Fsp3) is 0.200. The molecule has 0 amide bonds. The van der Waals surface area contributed by atoms with Crippen LogP contribution < -0.4 is 15.2 Å². The molecule has 0 aliphatic rings. The Morgan fingerprint density at radius 1 is 1.33 bits per heavy atom. The number of rotatable bonds is 4. The molecule has 1 aromatic heterocycles. The Bertz CT molecular complexity index is 565. The maximum Gasteiger partial charge on any atom is 0.263 e. The summed E-state index contributed by atoms with van der Waals surface area (Å²) in [6.07, 6.45) is 1.54. The lowest BCUT2D eigenvalue weighted by atomic mass is 10.2. The van der Waals surface area contributed by atoms with E-state index in [-0.39, 0.29) is 5.95 Å². The van der Waals surface area contributed by atoms with Crippen molar-refractivity contribution in [3.05, 3.63) is 23.8 Å². The molecule has 1 aromatic carbocycles. The SMILES string of the molecule is COc1ccc(OC)c(/C=N/n2nnnc2N)c1. The minimum Gasteiger partial charge on any atom is -0.497 e. The highest BCUT2D eigenvalue weighted by Crippen LogP contribution is 2.22. The summed E-state index contributed by atoms with van der Waals surface area (Å²) < 4.78 is 10.3. The van der Waals surface area contributed by atoms with Gasteiger partial charge in [-0.15, -0.1) is 0 Å². The second-order valence-electron chi connectivity index (χ2n) is 3.28. The Labute approximate surface area is 103 Å². The number of hydrogen-bond donors (Lipinski definition) is 1. The molecule has 0 saturated heterocycles. The molecular weight excluding hydrogens is 236 g/mol. The number of nitrogens with zero attached hydrogens (tertiary/aromatic N) is 5. The molecule has 8 heteroatoms. The molecule has 8 nitrogen and oxygen atoms in total. The number of nitrogen functional groups attached to an aromatic ring is 1. The lowest BCUT2D eigenvalue weighted by Gasteiger charge is -2.06. The quantitative estimate of drug-likeness (QED) is 0.773. The number of ether oxygens (including phenoxy) is 2. The Kier molecular flexibility index (Phi) is 3.37. The van der Waals surface area contributed by atoms with Crippen molar-refractivity contribution in [3.63, 3.8) is 0 Å². The van der Waals surface area contributed by atoms with Crippen molar-refractivity contribution in [2.24, 2.45) is 5.10 Å². The minimum absolute atomic E-state index is 0.105. The number of tetrazole rings is 1. The molecular formula is C10H12N6O2. The van der Waals surface area contributed by atoms with Gasteiger partial charge in [-0.1, -0.05) is 9.89 Å². The van der Waals surface area contributed by atoms with Crippen LogP contribution in [-0.4, -0.2) is 40.8 Å². The Morgan fingerprint density at radius 3 is 2.78 bits per heavy atom. The van der Waals surface area contributed by atoms with Gasteiger partial charge in [-0.05, 0) is 28.6 Å². The third-order valence-electron chi connectivity index (χ3n) is 2.22. The molecule has 18 heavy (non-hydrogen) atoms. The minimum atomic E-state index is 0.105. The number of methoxy groups -OCH3 is 2. The normalized spacial score (nSPS) is 10.8. The molecule has 0 aliphatic heterocycles. The molecule has 0 bridgehead atoms. The van der Waals surface area contributed by atoms with Crippen LogP contribution in [0.4, 0.5) is 5.95 Å². The molecule has 2 aromatic rings. The van der Waals surface area contributed by atoms with Gasteiger partial charge in [0, 0.05) is 5.56 Å². The van der Waals surface area contributed by atoms with Crippen molar-refractivity contribution in [1.82, 2.24) is 20.3 Å². The molecule has 0 radical (unpaired) electrons. The zero-order valence-corrected chi connectivity index (χ0v) is 9.94.